The van der Waals surface area contributed by atoms with Crippen molar-refractivity contribution in [3.63, 3.8) is 0 Å². The van der Waals surface area contributed by atoms with Crippen molar-refractivity contribution in [1.29, 1.82) is 0 Å². The van der Waals surface area contributed by atoms with Crippen LogP contribution in [0.2, 0.25) is 0 Å². The zero-order chi connectivity index (χ0) is 21.7. The van der Waals surface area contributed by atoms with Crippen molar-refractivity contribution in [2.24, 2.45) is 0 Å². The van der Waals surface area contributed by atoms with Gasteiger partial charge in [0.1, 0.15) is 5.82 Å². The number of nitrogens with zero attached hydrogens (tertiary/aromatic N) is 1. The van der Waals surface area contributed by atoms with Crippen LogP contribution in [0.5, 0.6) is 0 Å². The molecule has 8 nitrogen and oxygen atoms in total. The number of carbonyl (C=O) groups is 1. The first kappa shape index (κ1) is 21.3. The lowest BCUT2D eigenvalue weighted by Crippen LogP contribution is -2.13. The minimum atomic E-state index is -3.84. The van der Waals surface area contributed by atoms with Gasteiger partial charge in [-0.3, -0.25) is 14.3 Å². The highest BCUT2D eigenvalue weighted by molar-refractivity contribution is 7.92. The van der Waals surface area contributed by atoms with Crippen molar-refractivity contribution in [1.82, 2.24) is 9.97 Å². The molecule has 3 aromatic rings. The highest BCUT2D eigenvalue weighted by Crippen LogP contribution is 2.22. The number of carboxylic acid groups (broad SMARTS) is 1. The third-order valence-corrected chi connectivity index (χ3v) is 5.80. The van der Waals surface area contributed by atoms with Crippen LogP contribution < -0.4 is 10.3 Å². The minimum absolute atomic E-state index is 0.0213. The number of benzene rings is 2. The molecule has 1 heterocycles. The molecule has 0 fully saturated rings. The largest absolute Gasteiger partial charge is 0.481 e. The molecule has 0 saturated carbocycles. The normalized spacial score (nSPS) is 11.2. The van der Waals surface area contributed by atoms with Crippen LogP contribution in [-0.4, -0.2) is 29.5 Å². The topological polar surface area (TPSA) is 129 Å². The number of anilines is 1. The van der Waals surface area contributed by atoms with Crippen LogP contribution in [0, 0.1) is 0 Å². The first-order chi connectivity index (χ1) is 14.3. The van der Waals surface area contributed by atoms with Crippen LogP contribution in [0.3, 0.4) is 0 Å². The molecule has 0 saturated heterocycles. The van der Waals surface area contributed by atoms with E-state index in [1.54, 1.807) is 36.4 Å². The van der Waals surface area contributed by atoms with Gasteiger partial charge in [-0.05, 0) is 42.7 Å². The number of aliphatic carboxylic acids is 1. The number of rotatable bonds is 8. The zero-order valence-corrected chi connectivity index (χ0v) is 17.1. The van der Waals surface area contributed by atoms with Crippen molar-refractivity contribution >= 4 is 21.7 Å². The maximum absolute atomic E-state index is 12.7. The molecular formula is C21H21N3O5S. The maximum atomic E-state index is 12.7. The highest BCUT2D eigenvalue weighted by atomic mass is 32.2. The van der Waals surface area contributed by atoms with Gasteiger partial charge in [-0.15, -0.1) is 0 Å². The number of carboxylic acids is 1. The van der Waals surface area contributed by atoms with Crippen molar-refractivity contribution < 1.29 is 18.3 Å². The average Bonchev–Trinajstić information content (AvgIpc) is 2.72. The molecule has 0 atom stereocenters. The number of aromatic nitrogens is 2. The lowest BCUT2D eigenvalue weighted by Gasteiger charge is -2.10. The van der Waals surface area contributed by atoms with Crippen LogP contribution in [0.25, 0.3) is 11.4 Å². The van der Waals surface area contributed by atoms with Crippen LogP contribution in [0.15, 0.2) is 64.3 Å². The summed E-state index contributed by atoms with van der Waals surface area (Å²) in [7, 11) is -3.84. The summed E-state index contributed by atoms with van der Waals surface area (Å²) in [5.74, 6) is -0.545. The van der Waals surface area contributed by atoms with Gasteiger partial charge < -0.3 is 10.1 Å². The molecule has 0 aliphatic carbocycles. The fraction of sp³-hybridized carbons (Fsp3) is 0.190. The molecule has 0 aliphatic heterocycles. The number of aryl methyl sites for hydroxylation is 2. The third-order valence-electron chi connectivity index (χ3n) is 4.41. The second-order valence-corrected chi connectivity index (χ2v) is 8.35. The minimum Gasteiger partial charge on any atom is -0.481 e. The van der Waals surface area contributed by atoms with Gasteiger partial charge in [-0.25, -0.2) is 13.4 Å². The molecule has 0 bridgehead atoms. The summed E-state index contributed by atoms with van der Waals surface area (Å²) in [6, 6.07) is 14.1. The van der Waals surface area contributed by atoms with E-state index in [-0.39, 0.29) is 16.9 Å². The smallest absolute Gasteiger partial charge is 0.303 e. The Morgan fingerprint density at radius 2 is 1.87 bits per heavy atom. The molecule has 0 spiro atoms. The highest BCUT2D eigenvalue weighted by Gasteiger charge is 2.15. The fourth-order valence-electron chi connectivity index (χ4n) is 2.86. The van der Waals surface area contributed by atoms with Crippen molar-refractivity contribution in [2.45, 2.75) is 31.1 Å². The van der Waals surface area contributed by atoms with Crippen LogP contribution in [0.1, 0.15) is 24.6 Å². The molecule has 156 valence electrons. The Morgan fingerprint density at radius 3 is 2.53 bits per heavy atom. The second kappa shape index (κ2) is 8.91. The standard InChI is InChI=1S/C21H21N3O5S/c1-2-16-13-19(25)23-21(22-16)15-4-3-5-17(12-15)24-30(28,29)18-9-6-14(7-10-18)8-11-20(26)27/h3-7,9-10,12-13,24H,2,8,11H2,1H3,(H,26,27)(H,22,23,25). The number of H-pyrrole nitrogens is 1. The summed E-state index contributed by atoms with van der Waals surface area (Å²) in [4.78, 5) is 29.6. The average molecular weight is 427 g/mol. The van der Waals surface area contributed by atoms with Crippen molar-refractivity contribution in [3.05, 3.63) is 76.2 Å². The lowest BCUT2D eigenvalue weighted by molar-refractivity contribution is -0.136. The Labute approximate surface area is 173 Å². The summed E-state index contributed by atoms with van der Waals surface area (Å²) >= 11 is 0. The molecule has 3 N–H and O–H groups in total. The van der Waals surface area contributed by atoms with Crippen molar-refractivity contribution in [3.8, 4) is 11.4 Å². The molecule has 3 rings (SSSR count). The molecule has 1 aromatic heterocycles. The summed E-state index contributed by atoms with van der Waals surface area (Å²) < 4.78 is 27.9. The molecule has 2 aromatic carbocycles. The van der Waals surface area contributed by atoms with E-state index in [9.17, 15) is 18.0 Å². The summed E-state index contributed by atoms with van der Waals surface area (Å²) in [6.45, 7) is 1.89. The Balaban J connectivity index is 1.82. The van der Waals surface area contributed by atoms with Crippen molar-refractivity contribution in [2.75, 3.05) is 4.72 Å². The van der Waals surface area contributed by atoms with E-state index >= 15 is 0 Å². The Hall–Kier alpha value is -3.46. The first-order valence-electron chi connectivity index (χ1n) is 9.31. The second-order valence-electron chi connectivity index (χ2n) is 6.66. The first-order valence-corrected chi connectivity index (χ1v) is 10.8. The molecule has 0 aliphatic rings. The quantitative estimate of drug-likeness (QED) is 0.507. The van der Waals surface area contributed by atoms with Crippen LogP contribution >= 0.6 is 0 Å². The summed E-state index contributed by atoms with van der Waals surface area (Å²) in [5.41, 5.74) is 2.01. The predicted octanol–water partition coefficient (Wildman–Crippen LogP) is 2.82. The van der Waals surface area contributed by atoms with E-state index < -0.39 is 16.0 Å². The number of sulfonamides is 1. The van der Waals surface area contributed by atoms with Gasteiger partial charge in [0.15, 0.2) is 0 Å². The molecule has 0 unspecified atom stereocenters. The number of nitrogens with one attached hydrogen (secondary N) is 2. The van der Waals surface area contributed by atoms with Gasteiger partial charge in [0.2, 0.25) is 0 Å². The van der Waals surface area contributed by atoms with E-state index in [1.807, 2.05) is 6.92 Å². The van der Waals surface area contributed by atoms with E-state index in [0.29, 0.717) is 35.6 Å². The van der Waals surface area contributed by atoms with Crippen LogP contribution in [0.4, 0.5) is 5.69 Å². The lowest BCUT2D eigenvalue weighted by atomic mass is 10.1. The van der Waals surface area contributed by atoms with Gasteiger partial charge in [0, 0.05) is 29.4 Å². The molecule has 30 heavy (non-hydrogen) atoms. The monoisotopic (exact) mass is 427 g/mol. The SMILES string of the molecule is CCc1cc(=O)[nH]c(-c2cccc(NS(=O)(=O)c3ccc(CCC(=O)O)cc3)c2)n1. The molecule has 0 radical (unpaired) electrons. The van der Waals surface area contributed by atoms with Gasteiger partial charge >= 0.3 is 5.97 Å². The van der Waals surface area contributed by atoms with E-state index in [4.69, 9.17) is 5.11 Å². The summed E-state index contributed by atoms with van der Waals surface area (Å²) in [6.07, 6.45) is 0.908. The molecule has 9 heteroatoms. The Morgan fingerprint density at radius 1 is 1.13 bits per heavy atom. The van der Waals surface area contributed by atoms with E-state index in [0.717, 1.165) is 5.56 Å². The number of hydrogen-bond acceptors (Lipinski definition) is 5. The van der Waals surface area contributed by atoms with Gasteiger partial charge in [-0.2, -0.15) is 0 Å². The predicted molar refractivity (Wildman–Crippen MR) is 113 cm³/mol. The molecule has 0 amide bonds. The maximum Gasteiger partial charge on any atom is 0.303 e. The zero-order valence-electron chi connectivity index (χ0n) is 16.3. The number of aromatic amines is 1. The molecular weight excluding hydrogens is 406 g/mol. The van der Waals surface area contributed by atoms with Gasteiger partial charge in [0.05, 0.1) is 4.90 Å². The Bertz CT molecular complexity index is 1220. The van der Waals surface area contributed by atoms with E-state index in [2.05, 4.69) is 14.7 Å². The summed E-state index contributed by atoms with van der Waals surface area (Å²) in [5, 5.41) is 8.74. The van der Waals surface area contributed by atoms with Gasteiger partial charge in [-0.1, -0.05) is 31.2 Å². The van der Waals surface area contributed by atoms with Gasteiger partial charge in [0.25, 0.3) is 15.6 Å². The third kappa shape index (κ3) is 5.32. The fourth-order valence-corrected chi connectivity index (χ4v) is 3.91. The van der Waals surface area contributed by atoms with Crippen LogP contribution in [-0.2, 0) is 27.7 Å². The van der Waals surface area contributed by atoms with E-state index in [1.165, 1.54) is 18.2 Å². The number of hydrogen-bond donors (Lipinski definition) is 3. The Kier molecular flexibility index (Phi) is 6.31.